The quantitative estimate of drug-likeness (QED) is 0.399. The lowest BCUT2D eigenvalue weighted by Gasteiger charge is -2.22. The van der Waals surface area contributed by atoms with Gasteiger partial charge in [0.25, 0.3) is 21.6 Å². The van der Waals surface area contributed by atoms with Crippen LogP contribution in [0.5, 0.6) is 0 Å². The van der Waals surface area contributed by atoms with Crippen LogP contribution in [0.25, 0.3) is 0 Å². The molecule has 0 spiro atoms. The average molecular weight is 499 g/mol. The number of carbonyl (C=O) groups is 2. The largest absolute Gasteiger partial charge is 0.340 e. The predicted molar refractivity (Wildman–Crippen MR) is 121 cm³/mol. The lowest BCUT2D eigenvalue weighted by atomic mass is 10.0. The fourth-order valence-electron chi connectivity index (χ4n) is 2.73. The zero-order valence-corrected chi connectivity index (χ0v) is 19.8. The molecule has 33 heavy (non-hydrogen) atoms. The van der Waals surface area contributed by atoms with E-state index in [9.17, 15) is 28.1 Å². The van der Waals surface area contributed by atoms with E-state index >= 15 is 0 Å². The number of hydroxylamine groups is 1. The van der Waals surface area contributed by atoms with Gasteiger partial charge in [-0.15, -0.1) is 0 Å². The Balaban J connectivity index is 2.17. The van der Waals surface area contributed by atoms with Gasteiger partial charge in [-0.05, 0) is 42.3 Å². The van der Waals surface area contributed by atoms with Crippen LogP contribution in [0.1, 0.15) is 24.2 Å². The standard InChI is InChI=1S/C20H23ClN4O7S/c1-12(2)18(23-19(26)13-5-10-16(21)17(11-13)25(28)29)20(27)22-14-6-8-15(9-7-14)33(30,31)24(3)32-4/h5-12,18H,1-4H3,(H,22,27)(H,23,26)/t18-/m0/s1. The molecule has 2 amide bonds. The van der Waals surface area contributed by atoms with E-state index in [0.29, 0.717) is 10.2 Å². The molecule has 0 aliphatic heterocycles. The monoisotopic (exact) mass is 498 g/mol. The van der Waals surface area contributed by atoms with E-state index in [1.165, 1.54) is 50.6 Å². The smallest absolute Gasteiger partial charge is 0.288 e. The first-order valence-corrected chi connectivity index (χ1v) is 11.4. The molecule has 0 saturated carbocycles. The first-order valence-electron chi connectivity index (χ1n) is 9.57. The van der Waals surface area contributed by atoms with Gasteiger partial charge in [0.15, 0.2) is 0 Å². The van der Waals surface area contributed by atoms with Crippen LogP contribution in [-0.2, 0) is 19.7 Å². The van der Waals surface area contributed by atoms with Gasteiger partial charge in [-0.3, -0.25) is 24.5 Å². The zero-order valence-electron chi connectivity index (χ0n) is 18.2. The summed E-state index contributed by atoms with van der Waals surface area (Å²) in [5.74, 6) is -1.56. The van der Waals surface area contributed by atoms with Crippen LogP contribution in [0.2, 0.25) is 5.02 Å². The van der Waals surface area contributed by atoms with E-state index < -0.39 is 38.5 Å². The molecule has 0 aromatic heterocycles. The SMILES string of the molecule is CON(C)S(=O)(=O)c1ccc(NC(=O)[C@@H](NC(=O)c2ccc(Cl)c([N+](=O)[O-])c2)C(C)C)cc1. The van der Waals surface area contributed by atoms with Gasteiger partial charge < -0.3 is 10.6 Å². The highest BCUT2D eigenvalue weighted by molar-refractivity contribution is 7.89. The van der Waals surface area contributed by atoms with E-state index in [2.05, 4.69) is 10.6 Å². The van der Waals surface area contributed by atoms with Crippen molar-refractivity contribution in [3.63, 3.8) is 0 Å². The Morgan fingerprint density at radius 1 is 1.15 bits per heavy atom. The third-order valence-corrected chi connectivity index (χ3v) is 6.67. The predicted octanol–water partition coefficient (Wildman–Crippen LogP) is 2.82. The molecule has 13 heteroatoms. The lowest BCUT2D eigenvalue weighted by molar-refractivity contribution is -0.384. The van der Waals surface area contributed by atoms with Gasteiger partial charge in [0.2, 0.25) is 5.91 Å². The van der Waals surface area contributed by atoms with Crippen LogP contribution < -0.4 is 10.6 Å². The molecule has 0 heterocycles. The van der Waals surface area contributed by atoms with E-state index in [1.807, 2.05) is 0 Å². The molecule has 2 N–H and O–H groups in total. The number of nitro groups is 1. The summed E-state index contributed by atoms with van der Waals surface area (Å²) in [6.07, 6.45) is 0. The molecule has 0 radical (unpaired) electrons. The van der Waals surface area contributed by atoms with Crippen molar-refractivity contribution in [1.29, 1.82) is 0 Å². The maximum Gasteiger partial charge on any atom is 0.288 e. The molecule has 0 aliphatic carbocycles. The Hall–Kier alpha value is -3.06. The number of nitro benzene ring substituents is 1. The number of sulfonamides is 1. The maximum absolute atomic E-state index is 12.8. The van der Waals surface area contributed by atoms with Gasteiger partial charge in [-0.2, -0.15) is 0 Å². The Labute approximate surface area is 195 Å². The minimum Gasteiger partial charge on any atom is -0.340 e. The van der Waals surface area contributed by atoms with Crippen LogP contribution in [0.3, 0.4) is 0 Å². The van der Waals surface area contributed by atoms with Gasteiger partial charge in [-0.1, -0.05) is 29.9 Å². The first-order chi connectivity index (χ1) is 15.4. The van der Waals surface area contributed by atoms with Gasteiger partial charge in [0, 0.05) is 24.4 Å². The molecule has 2 rings (SSSR count). The van der Waals surface area contributed by atoms with Crippen molar-refractivity contribution in [2.75, 3.05) is 19.5 Å². The number of amides is 2. The molecule has 2 aromatic carbocycles. The van der Waals surface area contributed by atoms with Crippen LogP contribution in [-0.4, -0.2) is 49.8 Å². The van der Waals surface area contributed by atoms with Gasteiger partial charge >= 0.3 is 0 Å². The van der Waals surface area contributed by atoms with Crippen LogP contribution in [0.15, 0.2) is 47.4 Å². The maximum atomic E-state index is 12.8. The highest BCUT2D eigenvalue weighted by atomic mass is 35.5. The number of carbonyl (C=O) groups excluding carboxylic acids is 2. The summed E-state index contributed by atoms with van der Waals surface area (Å²) >= 11 is 5.77. The molecule has 0 bridgehead atoms. The third kappa shape index (κ3) is 6.26. The van der Waals surface area contributed by atoms with Crippen LogP contribution >= 0.6 is 11.6 Å². The second-order valence-corrected chi connectivity index (χ2v) is 9.57. The fraction of sp³-hybridized carbons (Fsp3) is 0.300. The second-order valence-electron chi connectivity index (χ2n) is 7.23. The molecule has 178 valence electrons. The van der Waals surface area contributed by atoms with E-state index in [1.54, 1.807) is 13.8 Å². The average Bonchev–Trinajstić information content (AvgIpc) is 2.76. The molecule has 0 saturated heterocycles. The number of nitrogens with one attached hydrogen (secondary N) is 2. The Morgan fingerprint density at radius 2 is 1.76 bits per heavy atom. The molecule has 0 aliphatic rings. The number of hydrogen-bond acceptors (Lipinski definition) is 7. The van der Waals surface area contributed by atoms with Crippen molar-refractivity contribution in [3.05, 3.63) is 63.2 Å². The summed E-state index contributed by atoms with van der Waals surface area (Å²) < 4.78 is 25.2. The third-order valence-electron chi connectivity index (χ3n) is 4.66. The fourth-order valence-corrected chi connectivity index (χ4v) is 3.89. The van der Waals surface area contributed by atoms with E-state index in [0.717, 1.165) is 6.07 Å². The van der Waals surface area contributed by atoms with Crippen molar-refractivity contribution in [1.82, 2.24) is 9.79 Å². The Morgan fingerprint density at radius 3 is 2.27 bits per heavy atom. The van der Waals surface area contributed by atoms with E-state index in [-0.39, 0.29) is 21.4 Å². The molecule has 0 fully saturated rings. The van der Waals surface area contributed by atoms with Crippen LogP contribution in [0.4, 0.5) is 11.4 Å². The molecule has 0 unspecified atom stereocenters. The summed E-state index contributed by atoms with van der Waals surface area (Å²) in [4.78, 5) is 40.4. The van der Waals surface area contributed by atoms with E-state index in [4.69, 9.17) is 16.4 Å². The number of rotatable bonds is 9. The highest BCUT2D eigenvalue weighted by Gasteiger charge is 2.26. The normalized spacial score (nSPS) is 12.5. The lowest BCUT2D eigenvalue weighted by Crippen LogP contribution is -2.47. The molecular formula is C20H23ClN4O7S. The Bertz CT molecular complexity index is 1150. The number of nitrogens with zero attached hydrogens (tertiary/aromatic N) is 2. The minimum absolute atomic E-state index is 0.0265. The van der Waals surface area contributed by atoms with Crippen molar-refractivity contribution < 1.29 is 27.8 Å². The van der Waals surface area contributed by atoms with Crippen molar-refractivity contribution in [3.8, 4) is 0 Å². The molecular weight excluding hydrogens is 476 g/mol. The zero-order chi connectivity index (χ0) is 24.9. The van der Waals surface area contributed by atoms with Crippen molar-refractivity contribution in [2.45, 2.75) is 24.8 Å². The summed E-state index contributed by atoms with van der Waals surface area (Å²) in [7, 11) is -1.38. The topological polar surface area (TPSA) is 148 Å². The first kappa shape index (κ1) is 26.2. The molecule has 1 atom stereocenters. The van der Waals surface area contributed by atoms with Gasteiger partial charge in [-0.25, -0.2) is 8.42 Å². The van der Waals surface area contributed by atoms with Gasteiger partial charge in [0.05, 0.1) is 16.9 Å². The highest BCUT2D eigenvalue weighted by Crippen LogP contribution is 2.25. The minimum atomic E-state index is -3.84. The van der Waals surface area contributed by atoms with Crippen molar-refractivity contribution in [2.24, 2.45) is 5.92 Å². The number of benzene rings is 2. The number of anilines is 1. The van der Waals surface area contributed by atoms with Crippen LogP contribution in [0, 0.1) is 16.0 Å². The van der Waals surface area contributed by atoms with Crippen molar-refractivity contribution >= 4 is 44.8 Å². The molecule has 11 nitrogen and oxygen atoms in total. The summed E-state index contributed by atoms with van der Waals surface area (Å²) in [6, 6.07) is 8.00. The molecule has 2 aromatic rings. The summed E-state index contributed by atoms with van der Waals surface area (Å²) in [5, 5.41) is 16.1. The Kier molecular flexibility index (Phi) is 8.50. The number of hydrogen-bond donors (Lipinski definition) is 2. The summed E-state index contributed by atoms with van der Waals surface area (Å²) in [6.45, 7) is 3.43. The summed E-state index contributed by atoms with van der Waals surface area (Å²) in [5.41, 5.74) is -0.147. The second kappa shape index (κ2) is 10.7. The number of halogens is 1. The van der Waals surface area contributed by atoms with Gasteiger partial charge in [0.1, 0.15) is 11.1 Å².